The van der Waals surface area contributed by atoms with Crippen LogP contribution in [0.2, 0.25) is 0 Å². The van der Waals surface area contributed by atoms with Crippen molar-refractivity contribution in [2.24, 2.45) is 0 Å². The molecule has 2 heterocycles. The van der Waals surface area contributed by atoms with Gasteiger partial charge < -0.3 is 5.32 Å². The Hall–Kier alpha value is -3.22. The van der Waals surface area contributed by atoms with Gasteiger partial charge >= 0.3 is 6.18 Å². The van der Waals surface area contributed by atoms with E-state index in [1.807, 2.05) is 19.1 Å². The Bertz CT molecular complexity index is 1120. The molecule has 1 fully saturated rings. The number of fused-ring (bicyclic) bond motifs is 1. The van der Waals surface area contributed by atoms with Crippen molar-refractivity contribution in [2.45, 2.75) is 38.4 Å². The molecular weight excluding hydrogens is 389 g/mol. The number of alkyl halides is 3. The van der Waals surface area contributed by atoms with Gasteiger partial charge in [0.15, 0.2) is 0 Å². The number of rotatable bonds is 4. The van der Waals surface area contributed by atoms with Crippen LogP contribution in [-0.4, -0.2) is 21.0 Å². The molecule has 2 aromatic heterocycles. The molecule has 1 saturated carbocycles. The highest BCUT2D eigenvalue weighted by atomic mass is 19.4. The van der Waals surface area contributed by atoms with Gasteiger partial charge in [-0.1, -0.05) is 29.9 Å². The van der Waals surface area contributed by atoms with Gasteiger partial charge in [0.1, 0.15) is 12.1 Å². The fourth-order valence-corrected chi connectivity index (χ4v) is 3.76. The Morgan fingerprint density at radius 3 is 2.80 bits per heavy atom. The summed E-state index contributed by atoms with van der Waals surface area (Å²) in [5.74, 6) is 0.695. The van der Waals surface area contributed by atoms with Crippen LogP contribution in [0.5, 0.6) is 0 Å². The first-order valence-electron chi connectivity index (χ1n) is 9.80. The SMILES string of the molecule is C/C=C\C=C1\CCC(Nc2ncnc3cc(-c4ncccc4C(F)(F)F)ccc23)C1. The highest BCUT2D eigenvalue weighted by Gasteiger charge is 2.34. The molecule has 7 heteroatoms. The number of allylic oxidation sites excluding steroid dienone is 3. The Morgan fingerprint density at radius 1 is 1.13 bits per heavy atom. The number of benzene rings is 1. The predicted octanol–water partition coefficient (Wildman–Crippen LogP) is 6.18. The van der Waals surface area contributed by atoms with Crippen molar-refractivity contribution in [1.82, 2.24) is 15.0 Å². The summed E-state index contributed by atoms with van der Waals surface area (Å²) >= 11 is 0. The zero-order valence-corrected chi connectivity index (χ0v) is 16.4. The average molecular weight is 410 g/mol. The van der Waals surface area contributed by atoms with E-state index in [1.54, 1.807) is 18.2 Å². The van der Waals surface area contributed by atoms with Gasteiger partial charge in [-0.3, -0.25) is 4.98 Å². The molecule has 1 N–H and O–H groups in total. The average Bonchev–Trinajstić information content (AvgIpc) is 3.19. The third-order valence-corrected chi connectivity index (χ3v) is 5.21. The van der Waals surface area contributed by atoms with Gasteiger partial charge in [0, 0.05) is 23.2 Å². The first-order chi connectivity index (χ1) is 14.5. The van der Waals surface area contributed by atoms with Crippen molar-refractivity contribution in [3.8, 4) is 11.3 Å². The minimum absolute atomic E-state index is 0.102. The molecule has 4 nitrogen and oxygen atoms in total. The molecule has 1 unspecified atom stereocenters. The van der Waals surface area contributed by atoms with Crippen LogP contribution in [0.1, 0.15) is 31.7 Å². The number of hydrogen-bond acceptors (Lipinski definition) is 4. The van der Waals surface area contributed by atoms with Gasteiger partial charge in [0.25, 0.3) is 0 Å². The van der Waals surface area contributed by atoms with Crippen LogP contribution < -0.4 is 5.32 Å². The number of pyridine rings is 1. The van der Waals surface area contributed by atoms with Crippen molar-refractivity contribution in [1.29, 1.82) is 0 Å². The first-order valence-corrected chi connectivity index (χ1v) is 9.80. The minimum atomic E-state index is -4.47. The molecule has 1 aromatic carbocycles. The summed E-state index contributed by atoms with van der Waals surface area (Å²) < 4.78 is 40.1. The van der Waals surface area contributed by atoms with E-state index in [0.29, 0.717) is 16.9 Å². The van der Waals surface area contributed by atoms with E-state index in [9.17, 15) is 13.2 Å². The van der Waals surface area contributed by atoms with Crippen LogP contribution in [0.4, 0.5) is 19.0 Å². The van der Waals surface area contributed by atoms with Gasteiger partial charge in [-0.2, -0.15) is 13.2 Å². The lowest BCUT2D eigenvalue weighted by atomic mass is 10.0. The maximum absolute atomic E-state index is 13.4. The normalized spacial score (nSPS) is 18.5. The maximum Gasteiger partial charge on any atom is 0.418 e. The molecule has 0 spiro atoms. The predicted molar refractivity (Wildman–Crippen MR) is 112 cm³/mol. The smallest absolute Gasteiger partial charge is 0.366 e. The molecule has 1 aliphatic rings. The molecule has 0 aliphatic heterocycles. The summed E-state index contributed by atoms with van der Waals surface area (Å²) in [4.78, 5) is 12.6. The topological polar surface area (TPSA) is 50.7 Å². The number of hydrogen-bond donors (Lipinski definition) is 1. The zero-order chi connectivity index (χ0) is 21.1. The Kier molecular flexibility index (Phi) is 5.53. The summed E-state index contributed by atoms with van der Waals surface area (Å²) in [6.45, 7) is 1.99. The molecule has 1 aliphatic carbocycles. The van der Waals surface area contributed by atoms with Gasteiger partial charge in [-0.25, -0.2) is 9.97 Å². The van der Waals surface area contributed by atoms with Crippen molar-refractivity contribution < 1.29 is 13.2 Å². The standard InChI is InChI=1S/C23H21F3N4/c1-2-3-5-15-7-9-17(12-15)30-22-18-10-8-16(13-20(18)28-14-29-22)21-19(23(24,25)26)6-4-11-27-21/h2-6,8,10-11,13-14,17H,7,9,12H2,1H3,(H,28,29,30)/b3-2-,15-5-. The van der Waals surface area contributed by atoms with Crippen molar-refractivity contribution >= 4 is 16.7 Å². The maximum atomic E-state index is 13.4. The van der Waals surface area contributed by atoms with E-state index in [1.165, 1.54) is 24.2 Å². The first kappa shape index (κ1) is 20.1. The summed E-state index contributed by atoms with van der Waals surface area (Å²) in [6, 6.07) is 7.63. The lowest BCUT2D eigenvalue weighted by Gasteiger charge is -2.15. The third-order valence-electron chi connectivity index (χ3n) is 5.21. The second-order valence-electron chi connectivity index (χ2n) is 7.29. The van der Waals surface area contributed by atoms with E-state index in [4.69, 9.17) is 0 Å². The lowest BCUT2D eigenvalue weighted by Crippen LogP contribution is -2.16. The van der Waals surface area contributed by atoms with E-state index in [2.05, 4.69) is 26.3 Å². The lowest BCUT2D eigenvalue weighted by molar-refractivity contribution is -0.137. The quantitative estimate of drug-likeness (QED) is 0.558. The Morgan fingerprint density at radius 2 is 2.00 bits per heavy atom. The highest BCUT2D eigenvalue weighted by Crippen LogP contribution is 2.37. The summed E-state index contributed by atoms with van der Waals surface area (Å²) in [7, 11) is 0. The molecule has 3 aromatic rings. The largest absolute Gasteiger partial charge is 0.418 e. The summed E-state index contributed by atoms with van der Waals surface area (Å²) in [6.07, 6.45) is 7.52. The van der Waals surface area contributed by atoms with Gasteiger partial charge in [0.2, 0.25) is 0 Å². The molecule has 4 rings (SSSR count). The minimum Gasteiger partial charge on any atom is -0.366 e. The molecular formula is C23H21F3N4. The monoisotopic (exact) mass is 410 g/mol. The van der Waals surface area contributed by atoms with Crippen LogP contribution >= 0.6 is 0 Å². The van der Waals surface area contributed by atoms with Gasteiger partial charge in [0.05, 0.1) is 16.8 Å². The van der Waals surface area contributed by atoms with E-state index in [0.717, 1.165) is 30.7 Å². The Balaban J connectivity index is 1.64. The van der Waals surface area contributed by atoms with E-state index in [-0.39, 0.29) is 11.7 Å². The molecule has 0 radical (unpaired) electrons. The van der Waals surface area contributed by atoms with Crippen LogP contribution in [0, 0.1) is 0 Å². The molecule has 0 bridgehead atoms. The molecule has 30 heavy (non-hydrogen) atoms. The second-order valence-corrected chi connectivity index (χ2v) is 7.29. The third kappa shape index (κ3) is 4.20. The zero-order valence-electron chi connectivity index (χ0n) is 16.4. The Labute approximate surface area is 172 Å². The van der Waals surface area contributed by atoms with Crippen molar-refractivity contribution in [2.75, 3.05) is 5.32 Å². The van der Waals surface area contributed by atoms with Crippen LogP contribution in [0.3, 0.4) is 0 Å². The summed E-state index contributed by atoms with van der Waals surface area (Å²) in [5, 5.41) is 4.25. The fraction of sp³-hybridized carbons (Fsp3) is 0.261. The number of aromatic nitrogens is 3. The molecule has 0 saturated heterocycles. The van der Waals surface area contributed by atoms with E-state index < -0.39 is 11.7 Å². The van der Waals surface area contributed by atoms with Crippen LogP contribution in [-0.2, 0) is 6.18 Å². The highest BCUT2D eigenvalue weighted by molar-refractivity contribution is 5.92. The number of halogens is 3. The number of nitrogens with zero attached hydrogens (tertiary/aromatic N) is 3. The van der Waals surface area contributed by atoms with Gasteiger partial charge in [-0.15, -0.1) is 0 Å². The van der Waals surface area contributed by atoms with Crippen LogP contribution in [0.25, 0.3) is 22.2 Å². The number of nitrogens with one attached hydrogen (secondary N) is 1. The fourth-order valence-electron chi connectivity index (χ4n) is 3.76. The molecule has 154 valence electrons. The van der Waals surface area contributed by atoms with Gasteiger partial charge in [-0.05, 0) is 50.5 Å². The van der Waals surface area contributed by atoms with Crippen molar-refractivity contribution in [3.05, 3.63) is 72.2 Å². The molecule has 1 atom stereocenters. The van der Waals surface area contributed by atoms with Crippen LogP contribution in [0.15, 0.2) is 66.7 Å². The second kappa shape index (κ2) is 8.26. The summed E-state index contributed by atoms with van der Waals surface area (Å²) in [5.41, 5.74) is 1.47. The van der Waals surface area contributed by atoms with E-state index >= 15 is 0 Å². The molecule has 0 amide bonds. The number of anilines is 1. The van der Waals surface area contributed by atoms with Crippen molar-refractivity contribution in [3.63, 3.8) is 0 Å².